The standard InChI is InChI=1S/C9H16N2S/c1-9(2,11-10)6-5-8-4-3-7-12-8/h3-4,7,11H,5-6,10H2,1-2H3. The maximum Gasteiger partial charge on any atom is 0.0268 e. The molecule has 1 aromatic rings. The van der Waals surface area contributed by atoms with Gasteiger partial charge in [0.25, 0.3) is 0 Å². The molecular formula is C9H16N2S. The number of hydrogen-bond donors (Lipinski definition) is 2. The second kappa shape index (κ2) is 4.03. The van der Waals surface area contributed by atoms with Crippen LogP contribution in [-0.2, 0) is 6.42 Å². The minimum absolute atomic E-state index is 0.0456. The molecule has 0 aliphatic carbocycles. The zero-order chi connectivity index (χ0) is 9.03. The van der Waals surface area contributed by atoms with Gasteiger partial charge in [0.05, 0.1) is 0 Å². The second-order valence-corrected chi connectivity index (χ2v) is 4.64. The molecule has 0 aromatic carbocycles. The second-order valence-electron chi connectivity index (χ2n) is 3.61. The van der Waals surface area contributed by atoms with E-state index in [1.54, 1.807) is 11.3 Å². The van der Waals surface area contributed by atoms with E-state index >= 15 is 0 Å². The fraction of sp³-hybridized carbons (Fsp3) is 0.556. The molecule has 0 fully saturated rings. The Morgan fingerprint density at radius 2 is 2.33 bits per heavy atom. The molecule has 2 nitrogen and oxygen atoms in total. The van der Waals surface area contributed by atoms with Crippen LogP contribution in [0.4, 0.5) is 0 Å². The van der Waals surface area contributed by atoms with Crippen molar-refractivity contribution in [2.75, 3.05) is 0 Å². The van der Waals surface area contributed by atoms with Crippen LogP contribution < -0.4 is 11.3 Å². The molecule has 0 aliphatic rings. The van der Waals surface area contributed by atoms with Crippen molar-refractivity contribution >= 4 is 11.3 Å². The Hall–Kier alpha value is -0.380. The zero-order valence-corrected chi connectivity index (χ0v) is 8.45. The van der Waals surface area contributed by atoms with Gasteiger partial charge in [0.2, 0.25) is 0 Å². The Labute approximate surface area is 77.8 Å². The van der Waals surface area contributed by atoms with E-state index < -0.39 is 0 Å². The predicted octanol–water partition coefficient (Wildman–Crippen LogP) is 1.92. The lowest BCUT2D eigenvalue weighted by Crippen LogP contribution is -2.44. The summed E-state index contributed by atoms with van der Waals surface area (Å²) in [6.07, 6.45) is 2.18. The van der Waals surface area contributed by atoms with Crippen LogP contribution >= 0.6 is 11.3 Å². The van der Waals surface area contributed by atoms with E-state index in [1.165, 1.54) is 4.88 Å². The Balaban J connectivity index is 2.36. The van der Waals surface area contributed by atoms with Gasteiger partial charge in [-0.2, -0.15) is 0 Å². The topological polar surface area (TPSA) is 38.0 Å². The van der Waals surface area contributed by atoms with Gasteiger partial charge in [0.1, 0.15) is 0 Å². The Morgan fingerprint density at radius 1 is 1.58 bits per heavy atom. The molecule has 0 radical (unpaired) electrons. The van der Waals surface area contributed by atoms with E-state index in [4.69, 9.17) is 5.84 Å². The van der Waals surface area contributed by atoms with Gasteiger partial charge in [-0.3, -0.25) is 11.3 Å². The van der Waals surface area contributed by atoms with E-state index in [1.807, 2.05) is 0 Å². The van der Waals surface area contributed by atoms with Gasteiger partial charge < -0.3 is 0 Å². The lowest BCUT2D eigenvalue weighted by atomic mass is 9.99. The lowest BCUT2D eigenvalue weighted by Gasteiger charge is -2.22. The largest absolute Gasteiger partial charge is 0.271 e. The Kier molecular flexibility index (Phi) is 3.26. The van der Waals surface area contributed by atoms with Gasteiger partial charge in [0.15, 0.2) is 0 Å². The number of aryl methyl sites for hydroxylation is 1. The molecule has 0 atom stereocenters. The van der Waals surface area contributed by atoms with Crippen LogP contribution in [0.3, 0.4) is 0 Å². The molecule has 68 valence electrons. The molecule has 1 aromatic heterocycles. The zero-order valence-electron chi connectivity index (χ0n) is 7.63. The minimum Gasteiger partial charge on any atom is -0.271 e. The third-order valence-electron chi connectivity index (χ3n) is 1.97. The number of nitrogens with two attached hydrogens (primary N) is 1. The molecular weight excluding hydrogens is 168 g/mol. The van der Waals surface area contributed by atoms with Gasteiger partial charge >= 0.3 is 0 Å². The van der Waals surface area contributed by atoms with E-state index in [2.05, 4.69) is 36.8 Å². The summed E-state index contributed by atoms with van der Waals surface area (Å²) >= 11 is 1.81. The summed E-state index contributed by atoms with van der Waals surface area (Å²) in [4.78, 5) is 1.43. The molecule has 3 N–H and O–H groups in total. The maximum atomic E-state index is 5.40. The first-order valence-electron chi connectivity index (χ1n) is 4.14. The molecule has 1 heterocycles. The molecule has 0 bridgehead atoms. The van der Waals surface area contributed by atoms with Crippen molar-refractivity contribution in [3.8, 4) is 0 Å². The number of hydrogen-bond acceptors (Lipinski definition) is 3. The first-order chi connectivity index (χ1) is 5.64. The number of nitrogens with one attached hydrogen (secondary N) is 1. The van der Waals surface area contributed by atoms with Crippen molar-refractivity contribution in [3.63, 3.8) is 0 Å². The van der Waals surface area contributed by atoms with Crippen LogP contribution in [0.5, 0.6) is 0 Å². The van der Waals surface area contributed by atoms with Crippen LogP contribution in [0.1, 0.15) is 25.1 Å². The summed E-state index contributed by atoms with van der Waals surface area (Å²) in [5, 5.41) is 2.11. The summed E-state index contributed by atoms with van der Waals surface area (Å²) in [6.45, 7) is 4.22. The summed E-state index contributed by atoms with van der Waals surface area (Å²) in [5.74, 6) is 5.40. The van der Waals surface area contributed by atoms with E-state index in [9.17, 15) is 0 Å². The molecule has 0 spiro atoms. The summed E-state index contributed by atoms with van der Waals surface area (Å²) in [7, 11) is 0. The van der Waals surface area contributed by atoms with Crippen LogP contribution in [0.25, 0.3) is 0 Å². The molecule has 3 heteroatoms. The molecule has 0 saturated heterocycles. The third-order valence-corrected chi connectivity index (χ3v) is 2.90. The lowest BCUT2D eigenvalue weighted by molar-refractivity contribution is 0.371. The summed E-state index contributed by atoms with van der Waals surface area (Å²) in [6, 6.07) is 4.25. The SMILES string of the molecule is CC(C)(CCc1cccs1)NN. The van der Waals surface area contributed by atoms with Gasteiger partial charge in [-0.15, -0.1) is 11.3 Å². The Bertz CT molecular complexity index is 216. The van der Waals surface area contributed by atoms with E-state index in [0.717, 1.165) is 12.8 Å². The van der Waals surface area contributed by atoms with Gasteiger partial charge in [-0.05, 0) is 38.1 Å². The predicted molar refractivity (Wildman–Crippen MR) is 54.0 cm³/mol. The summed E-state index contributed by atoms with van der Waals surface area (Å²) < 4.78 is 0. The van der Waals surface area contributed by atoms with Crippen molar-refractivity contribution in [3.05, 3.63) is 22.4 Å². The molecule has 0 unspecified atom stereocenters. The van der Waals surface area contributed by atoms with Crippen molar-refractivity contribution < 1.29 is 0 Å². The first-order valence-corrected chi connectivity index (χ1v) is 5.02. The van der Waals surface area contributed by atoms with Crippen molar-refractivity contribution in [1.82, 2.24) is 5.43 Å². The highest BCUT2D eigenvalue weighted by atomic mass is 32.1. The molecule has 0 amide bonds. The highest BCUT2D eigenvalue weighted by Gasteiger charge is 2.14. The minimum atomic E-state index is 0.0456. The Morgan fingerprint density at radius 3 is 2.83 bits per heavy atom. The number of thiophene rings is 1. The maximum absolute atomic E-state index is 5.40. The molecule has 0 aliphatic heterocycles. The van der Waals surface area contributed by atoms with Crippen molar-refractivity contribution in [1.29, 1.82) is 0 Å². The molecule has 1 rings (SSSR count). The average Bonchev–Trinajstić information content (AvgIpc) is 2.53. The van der Waals surface area contributed by atoms with E-state index in [-0.39, 0.29) is 5.54 Å². The van der Waals surface area contributed by atoms with Crippen LogP contribution in [0.2, 0.25) is 0 Å². The smallest absolute Gasteiger partial charge is 0.0268 e. The number of rotatable bonds is 4. The van der Waals surface area contributed by atoms with E-state index in [0.29, 0.717) is 0 Å². The van der Waals surface area contributed by atoms with Crippen molar-refractivity contribution in [2.45, 2.75) is 32.2 Å². The quantitative estimate of drug-likeness (QED) is 0.554. The monoisotopic (exact) mass is 184 g/mol. The van der Waals surface area contributed by atoms with Gasteiger partial charge in [-0.1, -0.05) is 6.07 Å². The normalized spacial score (nSPS) is 11.9. The fourth-order valence-corrected chi connectivity index (χ4v) is 1.67. The molecule has 12 heavy (non-hydrogen) atoms. The fourth-order valence-electron chi connectivity index (χ4n) is 0.963. The van der Waals surface area contributed by atoms with Crippen molar-refractivity contribution in [2.24, 2.45) is 5.84 Å². The van der Waals surface area contributed by atoms with Crippen LogP contribution in [0.15, 0.2) is 17.5 Å². The highest BCUT2D eigenvalue weighted by Crippen LogP contribution is 2.16. The summed E-state index contributed by atoms with van der Waals surface area (Å²) in [5.41, 5.74) is 2.85. The van der Waals surface area contributed by atoms with Crippen LogP contribution in [0, 0.1) is 0 Å². The first kappa shape index (κ1) is 9.71. The van der Waals surface area contributed by atoms with Gasteiger partial charge in [0, 0.05) is 10.4 Å². The third kappa shape index (κ3) is 2.93. The average molecular weight is 184 g/mol. The number of hydrazine groups is 1. The van der Waals surface area contributed by atoms with Gasteiger partial charge in [-0.25, -0.2) is 0 Å². The van der Waals surface area contributed by atoms with Crippen LogP contribution in [-0.4, -0.2) is 5.54 Å². The molecule has 0 saturated carbocycles. The highest BCUT2D eigenvalue weighted by molar-refractivity contribution is 7.09.